The van der Waals surface area contributed by atoms with Crippen LogP contribution in [0.3, 0.4) is 0 Å². The van der Waals surface area contributed by atoms with E-state index in [2.05, 4.69) is 21.3 Å². The van der Waals surface area contributed by atoms with E-state index in [1.165, 1.54) is 12.8 Å². The van der Waals surface area contributed by atoms with Crippen LogP contribution in [0.25, 0.3) is 0 Å². The van der Waals surface area contributed by atoms with Gasteiger partial charge in [-0.15, -0.1) is 0 Å². The molecular formula is C14H32N4O4. The number of nitrogens with one attached hydrogen (secondary N) is 4. The molecule has 0 saturated carbocycles. The number of aliphatic carboxylic acids is 2. The highest BCUT2D eigenvalue weighted by Crippen LogP contribution is 1.76. The van der Waals surface area contributed by atoms with Crippen molar-refractivity contribution in [2.75, 3.05) is 52.4 Å². The van der Waals surface area contributed by atoms with Crippen molar-refractivity contribution < 1.29 is 19.8 Å². The average molecular weight is 320 g/mol. The molecule has 0 atom stereocenters. The van der Waals surface area contributed by atoms with Crippen LogP contribution in [-0.4, -0.2) is 74.5 Å². The van der Waals surface area contributed by atoms with E-state index in [4.69, 9.17) is 19.8 Å². The molecular weight excluding hydrogens is 288 g/mol. The molecule has 1 heterocycles. The molecule has 0 spiro atoms. The van der Waals surface area contributed by atoms with Crippen molar-refractivity contribution in [1.82, 2.24) is 21.3 Å². The summed E-state index contributed by atoms with van der Waals surface area (Å²) >= 11 is 0. The molecule has 22 heavy (non-hydrogen) atoms. The Kier molecular flexibility index (Phi) is 20.7. The van der Waals surface area contributed by atoms with Gasteiger partial charge in [0.25, 0.3) is 11.9 Å². The molecule has 0 bridgehead atoms. The number of hydrogen-bond acceptors (Lipinski definition) is 6. The summed E-state index contributed by atoms with van der Waals surface area (Å²) in [6, 6.07) is 0. The van der Waals surface area contributed by atoms with Crippen molar-refractivity contribution in [2.45, 2.75) is 26.7 Å². The lowest BCUT2D eigenvalue weighted by Crippen LogP contribution is -2.34. The Morgan fingerprint density at radius 1 is 0.591 bits per heavy atom. The molecule has 8 nitrogen and oxygen atoms in total. The van der Waals surface area contributed by atoms with Gasteiger partial charge in [0.1, 0.15) is 0 Å². The van der Waals surface area contributed by atoms with Gasteiger partial charge in [-0.3, -0.25) is 9.59 Å². The van der Waals surface area contributed by atoms with Crippen molar-refractivity contribution in [2.24, 2.45) is 0 Å². The van der Waals surface area contributed by atoms with Gasteiger partial charge in [0, 0.05) is 40.0 Å². The summed E-state index contributed by atoms with van der Waals surface area (Å²) in [5.74, 6) is -1.67. The fourth-order valence-corrected chi connectivity index (χ4v) is 1.53. The second-order valence-electron chi connectivity index (χ2n) is 4.75. The fraction of sp³-hybridized carbons (Fsp3) is 0.857. The van der Waals surface area contributed by atoms with Gasteiger partial charge >= 0.3 is 0 Å². The molecule has 132 valence electrons. The van der Waals surface area contributed by atoms with Crippen LogP contribution in [0, 0.1) is 0 Å². The zero-order chi connectivity index (χ0) is 17.1. The monoisotopic (exact) mass is 320 g/mol. The number of hydrogen-bond donors (Lipinski definition) is 6. The van der Waals surface area contributed by atoms with Gasteiger partial charge < -0.3 is 31.5 Å². The van der Waals surface area contributed by atoms with Gasteiger partial charge in [-0.25, -0.2) is 0 Å². The van der Waals surface area contributed by atoms with E-state index >= 15 is 0 Å². The van der Waals surface area contributed by atoms with Crippen LogP contribution in [0.15, 0.2) is 0 Å². The van der Waals surface area contributed by atoms with Crippen molar-refractivity contribution in [3.8, 4) is 0 Å². The summed E-state index contributed by atoms with van der Waals surface area (Å²) < 4.78 is 0. The van der Waals surface area contributed by atoms with Crippen LogP contribution in [0.5, 0.6) is 0 Å². The Balaban J connectivity index is 0. The number of carboxylic acid groups (broad SMARTS) is 2. The Hall–Kier alpha value is -1.22. The Bertz CT molecular complexity index is 192. The van der Waals surface area contributed by atoms with Crippen LogP contribution < -0.4 is 21.3 Å². The Labute approximate surface area is 133 Å². The molecule has 0 radical (unpaired) electrons. The minimum atomic E-state index is -0.833. The molecule has 0 amide bonds. The van der Waals surface area contributed by atoms with Gasteiger partial charge in [-0.05, 0) is 39.0 Å². The van der Waals surface area contributed by atoms with E-state index < -0.39 is 11.9 Å². The molecule has 6 N–H and O–H groups in total. The molecule has 0 aliphatic carbocycles. The van der Waals surface area contributed by atoms with Crippen LogP contribution in [0.1, 0.15) is 26.7 Å². The third-order valence-corrected chi connectivity index (χ3v) is 2.37. The van der Waals surface area contributed by atoms with Crippen molar-refractivity contribution >= 4 is 11.9 Å². The van der Waals surface area contributed by atoms with Gasteiger partial charge in [0.05, 0.1) is 0 Å². The van der Waals surface area contributed by atoms with E-state index in [0.717, 1.165) is 66.2 Å². The van der Waals surface area contributed by atoms with Crippen LogP contribution >= 0.6 is 0 Å². The lowest BCUT2D eigenvalue weighted by molar-refractivity contribution is -0.135. The third kappa shape index (κ3) is 36.3. The maximum Gasteiger partial charge on any atom is 0.300 e. The third-order valence-electron chi connectivity index (χ3n) is 2.37. The number of carboxylic acids is 2. The second kappa shape index (κ2) is 19.8. The summed E-state index contributed by atoms with van der Waals surface area (Å²) in [5.41, 5.74) is 0. The normalized spacial score (nSPS) is 17.5. The number of rotatable bonds is 0. The maximum atomic E-state index is 9.00. The molecule has 1 rings (SSSR count). The molecule has 1 aliphatic heterocycles. The predicted octanol–water partition coefficient (Wildman–Crippen LogP) is -0.680. The first-order valence-electron chi connectivity index (χ1n) is 7.68. The van der Waals surface area contributed by atoms with Crippen LogP contribution in [-0.2, 0) is 9.59 Å². The molecule has 8 heteroatoms. The van der Waals surface area contributed by atoms with Gasteiger partial charge in [0.15, 0.2) is 0 Å². The smallest absolute Gasteiger partial charge is 0.300 e. The summed E-state index contributed by atoms with van der Waals surface area (Å²) in [4.78, 5) is 18.0. The first kappa shape index (κ1) is 23.1. The molecule has 0 aromatic rings. The highest BCUT2D eigenvalue weighted by atomic mass is 16.4. The highest BCUT2D eigenvalue weighted by molar-refractivity contribution is 5.63. The second-order valence-corrected chi connectivity index (χ2v) is 4.75. The first-order chi connectivity index (χ1) is 10.5. The first-order valence-corrected chi connectivity index (χ1v) is 7.68. The Morgan fingerprint density at radius 2 is 0.773 bits per heavy atom. The highest BCUT2D eigenvalue weighted by Gasteiger charge is 1.93. The zero-order valence-electron chi connectivity index (χ0n) is 13.8. The van der Waals surface area contributed by atoms with Crippen molar-refractivity contribution in [1.29, 1.82) is 0 Å². The quantitative estimate of drug-likeness (QED) is 0.347. The zero-order valence-corrected chi connectivity index (χ0v) is 13.8. The van der Waals surface area contributed by atoms with Crippen LogP contribution in [0.2, 0.25) is 0 Å². The molecule has 0 aromatic heterocycles. The molecule has 1 saturated heterocycles. The number of carbonyl (C=O) groups is 2. The molecule has 0 unspecified atom stereocenters. The van der Waals surface area contributed by atoms with Gasteiger partial charge in [-0.1, -0.05) is 0 Å². The standard InChI is InChI=1S/C10H24N4.2C2H4O2/c1-3-11-7-9-13-5-2-6-14-10-8-12-4-1;2*1-2(3)4/h11-14H,1-10H2;2*1H3,(H,3,4). The lowest BCUT2D eigenvalue weighted by Gasteiger charge is -2.10. The van der Waals surface area contributed by atoms with Gasteiger partial charge in [0.2, 0.25) is 0 Å². The molecule has 0 aromatic carbocycles. The lowest BCUT2D eigenvalue weighted by atomic mass is 10.3. The summed E-state index contributed by atoms with van der Waals surface area (Å²) in [6.45, 7) is 11.0. The summed E-state index contributed by atoms with van der Waals surface area (Å²) in [6.07, 6.45) is 2.44. The minimum Gasteiger partial charge on any atom is -0.481 e. The van der Waals surface area contributed by atoms with E-state index in [9.17, 15) is 0 Å². The van der Waals surface area contributed by atoms with Gasteiger partial charge in [-0.2, -0.15) is 0 Å². The SMILES string of the molecule is C1CNCCNCCCNCCNC1.CC(=O)O.CC(=O)O. The fourth-order valence-electron chi connectivity index (χ4n) is 1.53. The minimum absolute atomic E-state index is 0.833. The Morgan fingerprint density at radius 3 is 0.955 bits per heavy atom. The van der Waals surface area contributed by atoms with E-state index in [-0.39, 0.29) is 0 Å². The molecule has 1 fully saturated rings. The van der Waals surface area contributed by atoms with E-state index in [1.807, 2.05) is 0 Å². The van der Waals surface area contributed by atoms with Crippen molar-refractivity contribution in [3.05, 3.63) is 0 Å². The maximum absolute atomic E-state index is 9.00. The average Bonchev–Trinajstić information content (AvgIpc) is 2.40. The molecule has 1 aliphatic rings. The summed E-state index contributed by atoms with van der Waals surface area (Å²) in [5, 5.41) is 28.5. The topological polar surface area (TPSA) is 123 Å². The van der Waals surface area contributed by atoms with Crippen molar-refractivity contribution in [3.63, 3.8) is 0 Å². The van der Waals surface area contributed by atoms with E-state index in [1.54, 1.807) is 0 Å². The predicted molar refractivity (Wildman–Crippen MR) is 87.3 cm³/mol. The summed E-state index contributed by atoms with van der Waals surface area (Å²) in [7, 11) is 0. The van der Waals surface area contributed by atoms with E-state index in [0.29, 0.717) is 0 Å². The largest absolute Gasteiger partial charge is 0.481 e. The van der Waals surface area contributed by atoms with Crippen LogP contribution in [0.4, 0.5) is 0 Å².